The van der Waals surface area contributed by atoms with Crippen molar-refractivity contribution in [2.75, 3.05) is 34.0 Å². The lowest BCUT2D eigenvalue weighted by Crippen LogP contribution is -2.34. The van der Waals surface area contributed by atoms with Crippen molar-refractivity contribution in [1.29, 1.82) is 0 Å². The fourth-order valence-corrected chi connectivity index (χ4v) is 3.10. The minimum Gasteiger partial charge on any atom is -0.341 e. The molecule has 0 aliphatic carbocycles. The zero-order chi connectivity index (χ0) is 20.8. The highest BCUT2D eigenvalue weighted by molar-refractivity contribution is 5.89. The zero-order valence-electron chi connectivity index (χ0n) is 16.7. The molecule has 1 aromatic heterocycles. The Bertz CT molecular complexity index is 988. The summed E-state index contributed by atoms with van der Waals surface area (Å²) >= 11 is 0. The number of carbonyl (C=O) groups is 1. The number of nitrogens with one attached hydrogen (secondary N) is 4. The van der Waals surface area contributed by atoms with Gasteiger partial charge in [0.1, 0.15) is 0 Å². The van der Waals surface area contributed by atoms with Crippen LogP contribution in [0.5, 0.6) is 0 Å². The minimum absolute atomic E-state index is 0.254. The van der Waals surface area contributed by atoms with Crippen LogP contribution in [0.1, 0.15) is 18.4 Å². The van der Waals surface area contributed by atoms with E-state index in [9.17, 15) is 4.79 Å². The van der Waals surface area contributed by atoms with Crippen molar-refractivity contribution in [3.8, 4) is 0 Å². The normalized spacial score (nSPS) is 13.0. The van der Waals surface area contributed by atoms with E-state index < -0.39 is 6.03 Å². The second-order valence-corrected chi connectivity index (χ2v) is 7.04. The molecule has 0 radical (unpaired) electrons. The number of hydrogen-bond acceptors (Lipinski definition) is 7. The van der Waals surface area contributed by atoms with Gasteiger partial charge in [0.05, 0.1) is 0 Å². The van der Waals surface area contributed by atoms with Crippen molar-refractivity contribution in [1.82, 2.24) is 20.4 Å². The van der Waals surface area contributed by atoms with Crippen LogP contribution in [0.2, 0.25) is 0 Å². The van der Waals surface area contributed by atoms with Crippen molar-refractivity contribution in [2.45, 2.75) is 19.8 Å². The molecule has 9 nitrogen and oxygen atoms in total. The number of rotatable bonds is 6. The Labute approximate surface area is 174 Å². The van der Waals surface area contributed by atoms with E-state index in [2.05, 4.69) is 41.3 Å². The quantitative estimate of drug-likeness (QED) is 0.464. The number of hydrogen-bond donors (Lipinski definition) is 4. The molecule has 9 heteroatoms. The Hall–Kier alpha value is -3.88. The van der Waals surface area contributed by atoms with Gasteiger partial charge < -0.3 is 15.5 Å². The van der Waals surface area contributed by atoms with E-state index in [-0.39, 0.29) is 5.95 Å². The van der Waals surface area contributed by atoms with Crippen molar-refractivity contribution in [3.63, 3.8) is 0 Å². The van der Waals surface area contributed by atoms with Crippen LogP contribution in [0.3, 0.4) is 0 Å². The molecular formula is C21H24N8O. The second-order valence-electron chi connectivity index (χ2n) is 7.04. The first kappa shape index (κ1) is 19.4. The number of benzene rings is 2. The third kappa shape index (κ3) is 5.13. The van der Waals surface area contributed by atoms with Gasteiger partial charge in [0.15, 0.2) is 0 Å². The van der Waals surface area contributed by atoms with Crippen molar-refractivity contribution in [3.05, 3.63) is 60.2 Å². The van der Waals surface area contributed by atoms with Gasteiger partial charge in [-0.25, -0.2) is 10.2 Å². The number of carbonyl (C=O) groups excluding carboxylic acids is 1. The average Bonchev–Trinajstić information content (AvgIpc) is 3.30. The van der Waals surface area contributed by atoms with Gasteiger partial charge in [-0.1, -0.05) is 35.9 Å². The van der Waals surface area contributed by atoms with Crippen LogP contribution in [-0.2, 0) is 0 Å². The molecule has 0 bridgehead atoms. The monoisotopic (exact) mass is 404 g/mol. The Morgan fingerprint density at radius 1 is 0.867 bits per heavy atom. The fraction of sp³-hybridized carbons (Fsp3) is 0.238. The van der Waals surface area contributed by atoms with Crippen molar-refractivity contribution in [2.24, 2.45) is 0 Å². The number of para-hydroxylation sites is 1. The molecule has 2 heterocycles. The lowest BCUT2D eigenvalue weighted by Gasteiger charge is -2.17. The average molecular weight is 404 g/mol. The van der Waals surface area contributed by atoms with Gasteiger partial charge in [-0.3, -0.25) is 5.43 Å². The summed E-state index contributed by atoms with van der Waals surface area (Å²) in [5, 5.41) is 5.94. The number of amides is 2. The smallest absolute Gasteiger partial charge is 0.337 e. The van der Waals surface area contributed by atoms with E-state index in [1.165, 1.54) is 0 Å². The van der Waals surface area contributed by atoms with Crippen LogP contribution in [0.4, 0.5) is 34.0 Å². The van der Waals surface area contributed by atoms with Crippen LogP contribution in [0.25, 0.3) is 0 Å². The summed E-state index contributed by atoms with van der Waals surface area (Å²) in [5.74, 6) is 1.23. The third-order valence-corrected chi connectivity index (χ3v) is 4.64. The second kappa shape index (κ2) is 9.08. The number of urea groups is 1. The van der Waals surface area contributed by atoms with Crippen LogP contribution in [-0.4, -0.2) is 34.1 Å². The molecule has 30 heavy (non-hydrogen) atoms. The maximum atomic E-state index is 12.2. The molecule has 1 saturated heterocycles. The molecule has 1 fully saturated rings. The largest absolute Gasteiger partial charge is 0.341 e. The Morgan fingerprint density at radius 2 is 1.57 bits per heavy atom. The number of anilines is 5. The molecule has 4 N–H and O–H groups in total. The molecule has 0 atom stereocenters. The van der Waals surface area contributed by atoms with Crippen molar-refractivity contribution < 1.29 is 4.79 Å². The highest BCUT2D eigenvalue weighted by Gasteiger charge is 2.18. The van der Waals surface area contributed by atoms with Gasteiger partial charge in [0.2, 0.25) is 17.8 Å². The number of nitrogens with zero attached hydrogens (tertiary/aromatic N) is 4. The van der Waals surface area contributed by atoms with Crippen LogP contribution >= 0.6 is 0 Å². The molecule has 154 valence electrons. The molecule has 1 aliphatic heterocycles. The number of hydrazine groups is 1. The van der Waals surface area contributed by atoms with E-state index in [0.717, 1.165) is 37.2 Å². The zero-order valence-corrected chi connectivity index (χ0v) is 16.7. The molecule has 0 saturated carbocycles. The van der Waals surface area contributed by atoms with Gasteiger partial charge in [0.25, 0.3) is 0 Å². The molecule has 2 aromatic carbocycles. The molecular weight excluding hydrogens is 380 g/mol. The SMILES string of the molecule is Cc1ccc(NC(=O)NNc2nc(Nc3ccccc3)nc(N3CCCC3)n2)cc1. The third-order valence-electron chi connectivity index (χ3n) is 4.64. The standard InChI is InChI=1S/C21H24N8O/c1-15-9-11-17(12-10-15)23-21(30)28-27-19-24-18(22-16-7-3-2-4-8-16)25-20(26-19)29-13-5-6-14-29/h2-4,7-12H,5-6,13-14H2,1H3,(H2,23,28,30)(H2,22,24,25,26,27). The van der Waals surface area contributed by atoms with E-state index in [0.29, 0.717) is 17.6 Å². The minimum atomic E-state index is -0.417. The highest BCUT2D eigenvalue weighted by Crippen LogP contribution is 2.20. The Balaban J connectivity index is 1.46. The Morgan fingerprint density at radius 3 is 2.30 bits per heavy atom. The van der Waals surface area contributed by atoms with E-state index in [4.69, 9.17) is 0 Å². The predicted molar refractivity (Wildman–Crippen MR) is 118 cm³/mol. The predicted octanol–water partition coefficient (Wildman–Crippen LogP) is 3.67. The fourth-order valence-electron chi connectivity index (χ4n) is 3.10. The molecule has 2 amide bonds. The maximum absolute atomic E-state index is 12.2. The molecule has 4 rings (SSSR count). The lowest BCUT2D eigenvalue weighted by molar-refractivity contribution is 0.253. The van der Waals surface area contributed by atoms with Gasteiger partial charge in [0, 0.05) is 24.5 Å². The van der Waals surface area contributed by atoms with E-state index in [1.807, 2.05) is 61.5 Å². The Kier molecular flexibility index (Phi) is 5.88. The van der Waals surface area contributed by atoms with Gasteiger partial charge in [-0.05, 0) is 44.0 Å². The van der Waals surface area contributed by atoms with Crippen LogP contribution in [0.15, 0.2) is 54.6 Å². The summed E-state index contributed by atoms with van der Waals surface area (Å²) in [6, 6.07) is 16.8. The molecule has 1 aliphatic rings. The summed E-state index contributed by atoms with van der Waals surface area (Å²) in [6.07, 6.45) is 2.21. The maximum Gasteiger partial charge on any atom is 0.337 e. The number of aryl methyl sites for hydroxylation is 1. The summed E-state index contributed by atoms with van der Waals surface area (Å²) in [5.41, 5.74) is 8.03. The first-order chi connectivity index (χ1) is 14.7. The summed E-state index contributed by atoms with van der Waals surface area (Å²) in [6.45, 7) is 3.79. The van der Waals surface area contributed by atoms with Crippen LogP contribution < -0.4 is 26.4 Å². The summed E-state index contributed by atoms with van der Waals surface area (Å²) < 4.78 is 0. The van der Waals surface area contributed by atoms with Crippen LogP contribution in [0, 0.1) is 6.92 Å². The molecule has 0 spiro atoms. The highest BCUT2D eigenvalue weighted by atomic mass is 16.2. The number of aromatic nitrogens is 3. The van der Waals surface area contributed by atoms with Crippen molar-refractivity contribution >= 4 is 35.3 Å². The first-order valence-corrected chi connectivity index (χ1v) is 9.88. The molecule has 3 aromatic rings. The lowest BCUT2D eigenvalue weighted by atomic mass is 10.2. The van der Waals surface area contributed by atoms with Gasteiger partial charge in [-0.2, -0.15) is 15.0 Å². The summed E-state index contributed by atoms with van der Waals surface area (Å²) in [4.78, 5) is 27.7. The van der Waals surface area contributed by atoms with Gasteiger partial charge >= 0.3 is 6.03 Å². The first-order valence-electron chi connectivity index (χ1n) is 9.88. The van der Waals surface area contributed by atoms with Gasteiger partial charge in [-0.15, -0.1) is 0 Å². The topological polar surface area (TPSA) is 107 Å². The molecule has 0 unspecified atom stereocenters. The van der Waals surface area contributed by atoms with E-state index >= 15 is 0 Å². The van der Waals surface area contributed by atoms with E-state index in [1.54, 1.807) is 0 Å². The summed E-state index contributed by atoms with van der Waals surface area (Å²) in [7, 11) is 0.